The Hall–Kier alpha value is -3.41. The standard InChI is InChI=1S/C28H20N2OS2/c31-26(21-13-12-20-15-19-7-4-5-10-23(19)24(20)16-21)18-33-28-29-25(27-11-6-14-32-27)17-30(28)22-8-2-1-3-9-22/h1-14,16-17H,15,18H2. The number of hydrogen-bond donors (Lipinski definition) is 0. The summed E-state index contributed by atoms with van der Waals surface area (Å²) in [6, 6.07) is 28.8. The van der Waals surface area contributed by atoms with Gasteiger partial charge >= 0.3 is 0 Å². The number of ketones is 1. The maximum atomic E-state index is 13.2. The van der Waals surface area contributed by atoms with Gasteiger partial charge in [0.25, 0.3) is 0 Å². The number of rotatable bonds is 6. The minimum absolute atomic E-state index is 0.118. The van der Waals surface area contributed by atoms with Gasteiger partial charge in [-0.05, 0) is 58.3 Å². The predicted octanol–water partition coefficient (Wildman–Crippen LogP) is 7.15. The number of fused-ring (bicyclic) bond motifs is 3. The molecule has 1 aliphatic carbocycles. The summed E-state index contributed by atoms with van der Waals surface area (Å²) in [5.74, 6) is 0.459. The number of hydrogen-bond acceptors (Lipinski definition) is 4. The van der Waals surface area contributed by atoms with Crippen molar-refractivity contribution in [3.05, 3.63) is 113 Å². The molecule has 0 unspecified atom stereocenters. The molecule has 0 radical (unpaired) electrons. The molecule has 0 fully saturated rings. The van der Waals surface area contributed by atoms with Crippen molar-refractivity contribution in [2.24, 2.45) is 0 Å². The summed E-state index contributed by atoms with van der Waals surface area (Å²) >= 11 is 3.16. The lowest BCUT2D eigenvalue weighted by molar-refractivity contribution is 0.102. The lowest BCUT2D eigenvalue weighted by Gasteiger charge is -2.08. The first-order valence-corrected chi connectivity index (χ1v) is 12.7. The molecule has 0 N–H and O–H groups in total. The molecular formula is C28H20N2OS2. The highest BCUT2D eigenvalue weighted by atomic mass is 32.2. The SMILES string of the molecule is O=C(CSc1nc(-c2cccs2)cn1-c1ccccc1)c1ccc2c(c1)-c1ccccc1C2. The van der Waals surface area contributed by atoms with E-state index in [2.05, 4.69) is 70.7 Å². The van der Waals surface area contributed by atoms with E-state index in [0.29, 0.717) is 5.75 Å². The molecule has 2 heterocycles. The molecule has 0 saturated carbocycles. The average Bonchev–Trinajstić information content (AvgIpc) is 3.61. The van der Waals surface area contributed by atoms with E-state index in [9.17, 15) is 4.79 Å². The first-order chi connectivity index (χ1) is 16.3. The molecule has 1 aliphatic rings. The number of carbonyl (C=O) groups is 1. The first kappa shape index (κ1) is 20.2. The summed E-state index contributed by atoms with van der Waals surface area (Å²) in [6.07, 6.45) is 3.00. The smallest absolute Gasteiger partial charge is 0.173 e. The Morgan fingerprint density at radius 2 is 1.73 bits per heavy atom. The topological polar surface area (TPSA) is 34.9 Å². The van der Waals surface area contributed by atoms with Gasteiger partial charge in [0, 0.05) is 17.4 Å². The number of aromatic nitrogens is 2. The fourth-order valence-corrected chi connectivity index (χ4v) is 5.86. The van der Waals surface area contributed by atoms with Crippen LogP contribution in [0.4, 0.5) is 0 Å². The highest BCUT2D eigenvalue weighted by Crippen LogP contribution is 2.37. The highest BCUT2D eigenvalue weighted by molar-refractivity contribution is 7.99. The van der Waals surface area contributed by atoms with Gasteiger partial charge in [-0.15, -0.1) is 11.3 Å². The number of thioether (sulfide) groups is 1. The molecule has 0 spiro atoms. The molecule has 2 aromatic heterocycles. The molecule has 5 aromatic rings. The van der Waals surface area contributed by atoms with Crippen LogP contribution in [0.5, 0.6) is 0 Å². The van der Waals surface area contributed by atoms with Crippen LogP contribution < -0.4 is 0 Å². The summed E-state index contributed by atoms with van der Waals surface area (Å²) in [5, 5.41) is 2.88. The van der Waals surface area contributed by atoms with Gasteiger partial charge in [-0.2, -0.15) is 0 Å². The third-order valence-corrected chi connectivity index (χ3v) is 7.78. The van der Waals surface area contributed by atoms with Gasteiger partial charge in [0.15, 0.2) is 10.9 Å². The second-order valence-corrected chi connectivity index (χ2v) is 9.90. The van der Waals surface area contributed by atoms with Gasteiger partial charge in [0.1, 0.15) is 0 Å². The highest BCUT2D eigenvalue weighted by Gasteiger charge is 2.20. The van der Waals surface area contributed by atoms with Crippen LogP contribution in [0.1, 0.15) is 21.5 Å². The van der Waals surface area contributed by atoms with E-state index < -0.39 is 0 Å². The van der Waals surface area contributed by atoms with E-state index in [1.807, 2.05) is 30.3 Å². The minimum atomic E-state index is 0.118. The van der Waals surface area contributed by atoms with Crippen LogP contribution in [-0.2, 0) is 6.42 Å². The first-order valence-electron chi connectivity index (χ1n) is 10.8. The number of carbonyl (C=O) groups excluding carboxylic acids is 1. The molecule has 6 rings (SSSR count). The van der Waals surface area contributed by atoms with Crippen molar-refractivity contribution in [2.45, 2.75) is 11.6 Å². The zero-order chi connectivity index (χ0) is 22.2. The maximum Gasteiger partial charge on any atom is 0.173 e. The fraction of sp³-hybridized carbons (Fsp3) is 0.0714. The molecule has 160 valence electrons. The Labute approximate surface area is 200 Å². The van der Waals surface area contributed by atoms with E-state index in [1.165, 1.54) is 34.0 Å². The molecule has 0 atom stereocenters. The summed E-state index contributed by atoms with van der Waals surface area (Å²) in [7, 11) is 0. The van der Waals surface area contributed by atoms with E-state index in [0.717, 1.165) is 33.4 Å². The van der Waals surface area contributed by atoms with Gasteiger partial charge < -0.3 is 0 Å². The third-order valence-electron chi connectivity index (χ3n) is 5.93. The quantitative estimate of drug-likeness (QED) is 0.194. The molecule has 33 heavy (non-hydrogen) atoms. The Morgan fingerprint density at radius 1 is 0.909 bits per heavy atom. The molecule has 3 nitrogen and oxygen atoms in total. The van der Waals surface area contributed by atoms with E-state index in [-0.39, 0.29) is 5.78 Å². The number of nitrogens with zero attached hydrogens (tertiary/aromatic N) is 2. The molecule has 0 amide bonds. The Kier molecular flexibility index (Phi) is 5.21. The van der Waals surface area contributed by atoms with Crippen molar-refractivity contribution in [2.75, 3.05) is 5.75 Å². The van der Waals surface area contributed by atoms with E-state index in [1.54, 1.807) is 11.3 Å². The van der Waals surface area contributed by atoms with Crippen molar-refractivity contribution >= 4 is 28.9 Å². The molecule has 0 aliphatic heterocycles. The van der Waals surface area contributed by atoms with Crippen molar-refractivity contribution in [1.29, 1.82) is 0 Å². The summed E-state index contributed by atoms with van der Waals surface area (Å²) in [6.45, 7) is 0. The number of imidazole rings is 1. The van der Waals surface area contributed by atoms with Crippen LogP contribution in [0.25, 0.3) is 27.4 Å². The summed E-state index contributed by atoms with van der Waals surface area (Å²) < 4.78 is 2.08. The Bertz CT molecular complexity index is 1450. The van der Waals surface area contributed by atoms with Crippen molar-refractivity contribution < 1.29 is 4.79 Å². The van der Waals surface area contributed by atoms with Crippen molar-refractivity contribution in [1.82, 2.24) is 9.55 Å². The molecule has 5 heteroatoms. The minimum Gasteiger partial charge on any atom is -0.294 e. The van der Waals surface area contributed by atoms with Gasteiger partial charge in [-0.3, -0.25) is 9.36 Å². The van der Waals surface area contributed by atoms with Gasteiger partial charge in [0.05, 0.1) is 16.3 Å². The Morgan fingerprint density at radius 3 is 2.58 bits per heavy atom. The van der Waals surface area contributed by atoms with E-state index in [4.69, 9.17) is 4.98 Å². The third kappa shape index (κ3) is 3.84. The van der Waals surface area contributed by atoms with Crippen LogP contribution in [0.15, 0.2) is 102 Å². The monoisotopic (exact) mass is 464 g/mol. The Balaban J connectivity index is 1.27. The number of Topliss-reactive ketones (excluding diaryl/α,β-unsaturated/α-hetero) is 1. The number of benzene rings is 3. The second kappa shape index (κ2) is 8.50. The normalized spacial score (nSPS) is 11.9. The summed E-state index contributed by atoms with van der Waals surface area (Å²) in [5.41, 5.74) is 7.78. The zero-order valence-corrected chi connectivity index (χ0v) is 19.4. The second-order valence-electron chi connectivity index (χ2n) is 8.01. The molecular weight excluding hydrogens is 444 g/mol. The summed E-state index contributed by atoms with van der Waals surface area (Å²) in [4.78, 5) is 19.1. The van der Waals surface area contributed by atoms with Gasteiger partial charge in [0.2, 0.25) is 0 Å². The lowest BCUT2D eigenvalue weighted by atomic mass is 10.0. The van der Waals surface area contributed by atoms with Crippen molar-refractivity contribution in [3.8, 4) is 27.4 Å². The molecule has 0 bridgehead atoms. The van der Waals surface area contributed by atoms with Crippen molar-refractivity contribution in [3.63, 3.8) is 0 Å². The van der Waals surface area contributed by atoms with Gasteiger partial charge in [-0.25, -0.2) is 4.98 Å². The average molecular weight is 465 g/mol. The molecule has 0 saturated heterocycles. The van der Waals surface area contributed by atoms with Gasteiger partial charge in [-0.1, -0.05) is 72.4 Å². The number of thiophene rings is 1. The maximum absolute atomic E-state index is 13.2. The number of para-hydroxylation sites is 1. The van der Waals surface area contributed by atoms with Crippen LogP contribution in [-0.4, -0.2) is 21.1 Å². The van der Waals surface area contributed by atoms with E-state index >= 15 is 0 Å². The lowest BCUT2D eigenvalue weighted by Crippen LogP contribution is -2.04. The van der Waals surface area contributed by atoms with Crippen LogP contribution in [0, 0.1) is 0 Å². The predicted molar refractivity (Wildman–Crippen MR) is 137 cm³/mol. The largest absolute Gasteiger partial charge is 0.294 e. The zero-order valence-electron chi connectivity index (χ0n) is 17.8. The fourth-order valence-electron chi connectivity index (χ4n) is 4.29. The van der Waals surface area contributed by atoms with Crippen LogP contribution >= 0.6 is 23.1 Å². The molecule has 3 aromatic carbocycles. The van der Waals surface area contributed by atoms with Crippen LogP contribution in [0.2, 0.25) is 0 Å². The van der Waals surface area contributed by atoms with Crippen LogP contribution in [0.3, 0.4) is 0 Å².